The summed E-state index contributed by atoms with van der Waals surface area (Å²) in [5, 5.41) is 34.8. The van der Waals surface area contributed by atoms with Crippen molar-refractivity contribution in [2.75, 3.05) is 6.61 Å². The molecule has 11 atom stereocenters. The van der Waals surface area contributed by atoms with Crippen molar-refractivity contribution in [3.05, 3.63) is 0 Å². The number of carbonyl (C=O) groups excluding carboxylic acids is 2. The van der Waals surface area contributed by atoms with Gasteiger partial charge in [0.1, 0.15) is 17.8 Å². The van der Waals surface area contributed by atoms with E-state index in [0.717, 1.165) is 0 Å². The van der Waals surface area contributed by atoms with Gasteiger partial charge in [0.2, 0.25) is 11.9 Å². The number of esters is 2. The van der Waals surface area contributed by atoms with E-state index in [1.54, 1.807) is 6.92 Å². The molecule has 3 N–H and O–H groups in total. The molecule has 0 radical (unpaired) electrons. The normalized spacial score (nSPS) is 62.0. The molecule has 2 saturated carbocycles. The molecule has 0 aromatic carbocycles. The molecule has 160 valence electrons. The highest BCUT2D eigenvalue weighted by molar-refractivity contribution is 5.91. The first-order valence-corrected chi connectivity index (χ1v) is 10.2. The highest BCUT2D eigenvalue weighted by Gasteiger charge is 3.03. The fraction of sp³-hybridized carbons (Fsp3) is 0.900. The highest BCUT2D eigenvalue weighted by atomic mass is 16.8. The molecule has 9 heteroatoms. The van der Waals surface area contributed by atoms with Crippen LogP contribution in [0.5, 0.6) is 0 Å². The Balaban J connectivity index is 1.72. The van der Waals surface area contributed by atoms with Gasteiger partial charge < -0.3 is 34.3 Å². The van der Waals surface area contributed by atoms with E-state index in [9.17, 15) is 24.9 Å². The van der Waals surface area contributed by atoms with E-state index in [0.29, 0.717) is 6.42 Å². The van der Waals surface area contributed by atoms with Crippen LogP contribution in [0.3, 0.4) is 0 Å². The van der Waals surface area contributed by atoms with Gasteiger partial charge in [0.05, 0.1) is 23.5 Å². The summed E-state index contributed by atoms with van der Waals surface area (Å²) in [4.78, 5) is 25.9. The topological polar surface area (TPSA) is 132 Å². The summed E-state index contributed by atoms with van der Waals surface area (Å²) in [5.41, 5.74) is -7.28. The third-order valence-corrected chi connectivity index (χ3v) is 9.02. The SMILES string of the molecule is C[C@@H]1COC2[C@H](O)C34C5CC(C(C)(C)C)C36[C@@H](OC(=O)[C@@H]6O)O[C@@]4(C(=O)O5)[C@]21O. The first kappa shape index (κ1) is 18.5. The predicted octanol–water partition coefficient (Wildman–Crippen LogP) is -0.896. The molecule has 9 nitrogen and oxygen atoms in total. The number of fused-ring (bicyclic) bond motifs is 1. The largest absolute Gasteiger partial charge is 0.459 e. The lowest BCUT2D eigenvalue weighted by molar-refractivity contribution is -0.239. The van der Waals surface area contributed by atoms with Gasteiger partial charge in [-0.3, -0.25) is 0 Å². The van der Waals surface area contributed by atoms with Crippen LogP contribution in [0.1, 0.15) is 34.1 Å². The van der Waals surface area contributed by atoms with Gasteiger partial charge in [-0.1, -0.05) is 27.7 Å². The van der Waals surface area contributed by atoms with Gasteiger partial charge in [0, 0.05) is 5.92 Å². The monoisotopic (exact) mass is 410 g/mol. The van der Waals surface area contributed by atoms with Crippen LogP contribution in [-0.4, -0.2) is 75.8 Å². The van der Waals surface area contributed by atoms with Crippen molar-refractivity contribution in [2.24, 2.45) is 28.1 Å². The summed E-state index contributed by atoms with van der Waals surface area (Å²) in [6.07, 6.45) is -5.87. The summed E-state index contributed by atoms with van der Waals surface area (Å²) in [6, 6.07) is 0. The molecule has 0 bridgehead atoms. The number of hydrogen-bond donors (Lipinski definition) is 3. The Labute approximate surface area is 167 Å². The Bertz CT molecular complexity index is 851. The van der Waals surface area contributed by atoms with Crippen molar-refractivity contribution in [1.29, 1.82) is 0 Å². The van der Waals surface area contributed by atoms with Crippen molar-refractivity contribution in [1.82, 2.24) is 0 Å². The zero-order valence-electron chi connectivity index (χ0n) is 16.7. The fourth-order valence-corrected chi connectivity index (χ4v) is 8.23. The van der Waals surface area contributed by atoms with Gasteiger partial charge in [-0.05, 0) is 17.8 Å². The van der Waals surface area contributed by atoms with Gasteiger partial charge in [-0.15, -0.1) is 0 Å². The molecular weight excluding hydrogens is 384 g/mol. The summed E-state index contributed by atoms with van der Waals surface area (Å²) in [7, 11) is 0. The molecule has 0 aromatic heterocycles. The molecule has 6 rings (SSSR count). The van der Waals surface area contributed by atoms with Crippen molar-refractivity contribution in [3.63, 3.8) is 0 Å². The van der Waals surface area contributed by atoms with Crippen LogP contribution in [0.4, 0.5) is 0 Å². The Hall–Kier alpha value is -1.26. The lowest BCUT2D eigenvalue weighted by atomic mass is 9.51. The molecule has 0 amide bonds. The standard InChI is InChI=1S/C20H26O9/c1-7-6-26-12-10(21)18-9-5-8(16(2,3)4)17(18)11(22)13(23)28-15(17)29-20(18,14(24)27-9)19(7,12)25/h7-12,15,21-22,25H,5-6H2,1-4H3/t7-,8?,9?,10+,11+,12?,15+,17?,18?,19-,20-/m1/s1. The lowest BCUT2D eigenvalue weighted by Crippen LogP contribution is -2.67. The highest BCUT2D eigenvalue weighted by Crippen LogP contribution is 2.84. The van der Waals surface area contributed by atoms with Crippen molar-refractivity contribution < 1.29 is 43.9 Å². The molecular formula is C20H26O9. The van der Waals surface area contributed by atoms with E-state index in [2.05, 4.69) is 0 Å². The predicted molar refractivity (Wildman–Crippen MR) is 91.9 cm³/mol. The number of carbonyl (C=O) groups is 2. The first-order valence-electron chi connectivity index (χ1n) is 10.2. The molecule has 4 heterocycles. The number of hydrogen-bond acceptors (Lipinski definition) is 9. The Morgan fingerprint density at radius 1 is 1.14 bits per heavy atom. The number of ether oxygens (including phenoxy) is 4. The van der Waals surface area contributed by atoms with Crippen LogP contribution >= 0.6 is 0 Å². The second kappa shape index (κ2) is 4.65. The maximum absolute atomic E-state index is 13.4. The van der Waals surface area contributed by atoms with Crippen molar-refractivity contribution in [2.45, 2.75) is 76.0 Å². The number of rotatable bonds is 0. The first-order chi connectivity index (χ1) is 13.4. The van der Waals surface area contributed by atoms with E-state index >= 15 is 0 Å². The van der Waals surface area contributed by atoms with E-state index < -0.39 is 76.0 Å². The molecule has 4 aliphatic heterocycles. The van der Waals surface area contributed by atoms with Gasteiger partial charge in [0.25, 0.3) is 0 Å². The summed E-state index contributed by atoms with van der Waals surface area (Å²) < 4.78 is 23.2. The molecule has 0 aromatic rings. The minimum absolute atomic E-state index is 0.139. The van der Waals surface area contributed by atoms with Crippen molar-refractivity contribution in [3.8, 4) is 0 Å². The average Bonchev–Trinajstić information content (AvgIpc) is 3.34. The Morgan fingerprint density at radius 2 is 1.83 bits per heavy atom. The maximum Gasteiger partial charge on any atom is 0.342 e. The molecule has 29 heavy (non-hydrogen) atoms. The lowest BCUT2D eigenvalue weighted by Gasteiger charge is -2.47. The van der Waals surface area contributed by atoms with Crippen LogP contribution < -0.4 is 0 Å². The maximum atomic E-state index is 13.4. The average molecular weight is 410 g/mol. The van der Waals surface area contributed by atoms with E-state index in [-0.39, 0.29) is 12.5 Å². The second-order valence-electron chi connectivity index (χ2n) is 10.7. The molecule has 4 saturated heterocycles. The summed E-state index contributed by atoms with van der Waals surface area (Å²) in [6.45, 7) is 7.77. The molecule has 2 spiro atoms. The zero-order valence-corrected chi connectivity index (χ0v) is 16.7. The smallest absolute Gasteiger partial charge is 0.342 e. The molecule has 2 aliphatic carbocycles. The number of aliphatic hydroxyl groups excluding tert-OH is 2. The van der Waals surface area contributed by atoms with E-state index in [4.69, 9.17) is 18.9 Å². The van der Waals surface area contributed by atoms with E-state index in [1.165, 1.54) is 0 Å². The van der Waals surface area contributed by atoms with E-state index in [1.807, 2.05) is 20.8 Å². The Kier molecular flexibility index (Phi) is 2.97. The Morgan fingerprint density at radius 3 is 2.48 bits per heavy atom. The third-order valence-electron chi connectivity index (χ3n) is 9.02. The summed E-state index contributed by atoms with van der Waals surface area (Å²) >= 11 is 0. The minimum atomic E-state index is -1.98. The van der Waals surface area contributed by atoms with Gasteiger partial charge >= 0.3 is 11.9 Å². The van der Waals surface area contributed by atoms with Gasteiger partial charge in [-0.2, -0.15) is 0 Å². The van der Waals surface area contributed by atoms with Crippen molar-refractivity contribution >= 4 is 11.9 Å². The van der Waals surface area contributed by atoms with Crippen LogP contribution in [0, 0.1) is 28.1 Å². The van der Waals surface area contributed by atoms with Crippen LogP contribution in [0.2, 0.25) is 0 Å². The summed E-state index contributed by atoms with van der Waals surface area (Å²) in [5.74, 6) is -2.55. The van der Waals surface area contributed by atoms with Gasteiger partial charge in [0.15, 0.2) is 6.10 Å². The zero-order chi connectivity index (χ0) is 20.9. The number of aliphatic hydroxyl groups is 3. The fourth-order valence-electron chi connectivity index (χ4n) is 8.23. The molecule has 6 aliphatic rings. The quantitative estimate of drug-likeness (QED) is 0.435. The van der Waals surface area contributed by atoms with Crippen LogP contribution in [-0.2, 0) is 28.5 Å². The molecule has 5 unspecified atom stereocenters. The van der Waals surface area contributed by atoms with Crippen LogP contribution in [0.15, 0.2) is 0 Å². The van der Waals surface area contributed by atoms with Gasteiger partial charge in [-0.25, -0.2) is 9.59 Å². The van der Waals surface area contributed by atoms with Crippen LogP contribution in [0.25, 0.3) is 0 Å². The molecule has 6 fully saturated rings. The minimum Gasteiger partial charge on any atom is -0.459 e. The second-order valence-corrected chi connectivity index (χ2v) is 10.7. The third kappa shape index (κ3) is 1.36.